The van der Waals surface area contributed by atoms with Gasteiger partial charge in [-0.15, -0.1) is 0 Å². The fraction of sp³-hybridized carbons (Fsp3) is 0.185. The second-order valence-electron chi connectivity index (χ2n) is 7.77. The number of para-hydroxylation sites is 1. The molecule has 2 aromatic carbocycles. The zero-order valence-corrected chi connectivity index (χ0v) is 18.4. The van der Waals surface area contributed by atoms with Crippen LogP contribution in [0.4, 0.5) is 0 Å². The minimum Gasteiger partial charge on any atom is -0.493 e. The fourth-order valence-electron chi connectivity index (χ4n) is 3.91. The number of hydrogen-bond donors (Lipinski definition) is 1. The van der Waals surface area contributed by atoms with E-state index in [1.807, 2.05) is 55.5 Å². The van der Waals surface area contributed by atoms with Gasteiger partial charge in [0, 0.05) is 22.7 Å². The Labute approximate surface area is 192 Å². The summed E-state index contributed by atoms with van der Waals surface area (Å²) >= 11 is 0. The Kier molecular flexibility index (Phi) is 6.32. The van der Waals surface area contributed by atoms with Crippen molar-refractivity contribution in [2.75, 3.05) is 6.61 Å². The minimum absolute atomic E-state index is 0.230. The third-order valence-corrected chi connectivity index (χ3v) is 5.60. The molecule has 6 heteroatoms. The number of benzene rings is 2. The van der Waals surface area contributed by atoms with E-state index in [1.54, 1.807) is 25.4 Å². The summed E-state index contributed by atoms with van der Waals surface area (Å²) in [6.07, 6.45) is 3.50. The van der Waals surface area contributed by atoms with Crippen LogP contribution in [-0.2, 0) is 11.2 Å². The number of aliphatic carboxylic acids is 1. The largest absolute Gasteiger partial charge is 0.493 e. The van der Waals surface area contributed by atoms with E-state index in [0.29, 0.717) is 28.9 Å². The maximum atomic E-state index is 11.5. The van der Waals surface area contributed by atoms with E-state index in [-0.39, 0.29) is 6.42 Å². The molecule has 4 rings (SSSR count). The van der Waals surface area contributed by atoms with Crippen LogP contribution in [0, 0.1) is 17.2 Å². The highest BCUT2D eigenvalue weighted by Crippen LogP contribution is 2.34. The van der Waals surface area contributed by atoms with Crippen molar-refractivity contribution in [2.45, 2.75) is 20.3 Å². The average Bonchev–Trinajstić information content (AvgIpc) is 2.84. The van der Waals surface area contributed by atoms with Gasteiger partial charge in [-0.2, -0.15) is 5.26 Å². The number of ether oxygens (including phenoxy) is 1. The maximum Gasteiger partial charge on any atom is 0.306 e. The quantitative estimate of drug-likeness (QED) is 0.410. The van der Waals surface area contributed by atoms with Gasteiger partial charge in [0.1, 0.15) is 11.8 Å². The van der Waals surface area contributed by atoms with Gasteiger partial charge in [-0.05, 0) is 36.6 Å². The molecule has 6 nitrogen and oxygen atoms in total. The SMILES string of the molecule is CCOc1ccccc1-c1ccc(-c2nc3cnccc3c(C[C@H](C)C(=O)O)c2C#N)cc1. The number of carboxylic acids is 1. The van der Waals surface area contributed by atoms with Crippen molar-refractivity contribution in [3.05, 3.63) is 78.1 Å². The molecule has 33 heavy (non-hydrogen) atoms. The normalized spacial score (nSPS) is 11.7. The molecule has 0 saturated carbocycles. The topological polar surface area (TPSA) is 96.1 Å². The van der Waals surface area contributed by atoms with Crippen LogP contribution < -0.4 is 4.74 Å². The molecule has 0 aliphatic rings. The molecular weight excluding hydrogens is 414 g/mol. The van der Waals surface area contributed by atoms with E-state index in [1.165, 1.54) is 0 Å². The van der Waals surface area contributed by atoms with Gasteiger partial charge < -0.3 is 9.84 Å². The van der Waals surface area contributed by atoms with Gasteiger partial charge in [-0.3, -0.25) is 9.78 Å². The van der Waals surface area contributed by atoms with Crippen molar-refractivity contribution >= 4 is 16.9 Å². The number of fused-ring (bicyclic) bond motifs is 1. The second-order valence-corrected chi connectivity index (χ2v) is 7.77. The molecule has 2 aromatic heterocycles. The van der Waals surface area contributed by atoms with Crippen LogP contribution in [0.25, 0.3) is 33.3 Å². The van der Waals surface area contributed by atoms with Gasteiger partial charge in [-0.25, -0.2) is 4.98 Å². The number of carboxylic acid groups (broad SMARTS) is 1. The molecule has 0 radical (unpaired) electrons. The van der Waals surface area contributed by atoms with E-state index < -0.39 is 11.9 Å². The van der Waals surface area contributed by atoms with Crippen LogP contribution in [0.3, 0.4) is 0 Å². The van der Waals surface area contributed by atoms with Crippen LogP contribution in [-0.4, -0.2) is 27.7 Å². The Bertz CT molecular complexity index is 1360. The first-order valence-corrected chi connectivity index (χ1v) is 10.8. The molecular formula is C27H23N3O3. The lowest BCUT2D eigenvalue weighted by molar-refractivity contribution is -0.141. The summed E-state index contributed by atoms with van der Waals surface area (Å²) in [6.45, 7) is 4.17. The Morgan fingerprint density at radius 1 is 1.12 bits per heavy atom. The fourth-order valence-corrected chi connectivity index (χ4v) is 3.91. The number of nitrogens with zero attached hydrogens (tertiary/aromatic N) is 3. The van der Waals surface area contributed by atoms with E-state index in [9.17, 15) is 15.2 Å². The van der Waals surface area contributed by atoms with Gasteiger partial charge in [0.15, 0.2) is 0 Å². The van der Waals surface area contributed by atoms with E-state index >= 15 is 0 Å². The summed E-state index contributed by atoms with van der Waals surface area (Å²) < 4.78 is 5.75. The molecule has 0 spiro atoms. The number of aromatic nitrogens is 2. The van der Waals surface area contributed by atoms with Gasteiger partial charge in [-0.1, -0.05) is 49.4 Å². The van der Waals surface area contributed by atoms with Crippen LogP contribution in [0.1, 0.15) is 25.0 Å². The number of nitriles is 1. The van der Waals surface area contributed by atoms with Crippen molar-refractivity contribution in [3.63, 3.8) is 0 Å². The number of rotatable bonds is 7. The molecule has 1 atom stereocenters. The average molecular weight is 437 g/mol. The van der Waals surface area contributed by atoms with Gasteiger partial charge in [0.2, 0.25) is 0 Å². The smallest absolute Gasteiger partial charge is 0.306 e. The molecule has 0 bridgehead atoms. The first-order valence-electron chi connectivity index (χ1n) is 10.8. The molecule has 0 unspecified atom stereocenters. The van der Waals surface area contributed by atoms with Crippen LogP contribution in [0.2, 0.25) is 0 Å². The van der Waals surface area contributed by atoms with Gasteiger partial charge in [0.05, 0.1) is 35.5 Å². The molecule has 0 aliphatic carbocycles. The molecule has 164 valence electrons. The summed E-state index contributed by atoms with van der Waals surface area (Å²) in [7, 11) is 0. The highest BCUT2D eigenvalue weighted by Gasteiger charge is 2.21. The lowest BCUT2D eigenvalue weighted by atomic mass is 9.91. The molecule has 0 fully saturated rings. The lowest BCUT2D eigenvalue weighted by Gasteiger charge is -2.15. The molecule has 0 saturated heterocycles. The minimum atomic E-state index is -0.906. The lowest BCUT2D eigenvalue weighted by Crippen LogP contribution is -2.14. The third-order valence-electron chi connectivity index (χ3n) is 5.60. The maximum absolute atomic E-state index is 11.5. The van der Waals surface area contributed by atoms with E-state index in [0.717, 1.165) is 27.8 Å². The van der Waals surface area contributed by atoms with Crippen LogP contribution in [0.15, 0.2) is 67.0 Å². The number of carbonyl (C=O) groups is 1. The van der Waals surface area contributed by atoms with Crippen molar-refractivity contribution in [1.82, 2.24) is 9.97 Å². The molecule has 4 aromatic rings. The van der Waals surface area contributed by atoms with Gasteiger partial charge >= 0.3 is 5.97 Å². The molecule has 0 amide bonds. The Hall–Kier alpha value is -4.24. The number of pyridine rings is 2. The predicted molar refractivity (Wildman–Crippen MR) is 127 cm³/mol. The van der Waals surface area contributed by atoms with E-state index in [4.69, 9.17) is 9.72 Å². The second kappa shape index (κ2) is 9.49. The summed E-state index contributed by atoms with van der Waals surface area (Å²) in [5.41, 5.74) is 4.98. The first-order chi connectivity index (χ1) is 16.0. The van der Waals surface area contributed by atoms with Crippen molar-refractivity contribution < 1.29 is 14.6 Å². The van der Waals surface area contributed by atoms with Crippen LogP contribution in [0.5, 0.6) is 5.75 Å². The zero-order valence-electron chi connectivity index (χ0n) is 18.4. The monoisotopic (exact) mass is 437 g/mol. The molecule has 0 aliphatic heterocycles. The van der Waals surface area contributed by atoms with Crippen molar-refractivity contribution in [2.24, 2.45) is 5.92 Å². The Morgan fingerprint density at radius 2 is 1.85 bits per heavy atom. The van der Waals surface area contributed by atoms with Crippen molar-refractivity contribution in [1.29, 1.82) is 5.26 Å². The predicted octanol–water partition coefficient (Wildman–Crippen LogP) is 5.50. The highest BCUT2D eigenvalue weighted by atomic mass is 16.5. The number of hydrogen-bond acceptors (Lipinski definition) is 5. The summed E-state index contributed by atoms with van der Waals surface area (Å²) in [5.74, 6) is -0.733. The van der Waals surface area contributed by atoms with Crippen molar-refractivity contribution in [3.8, 4) is 34.2 Å². The third kappa shape index (κ3) is 4.39. The zero-order chi connectivity index (χ0) is 23.4. The molecule has 2 heterocycles. The standard InChI is InChI=1S/C27H23N3O3/c1-3-33-25-7-5-4-6-20(25)18-8-10-19(11-9-18)26-23(15-28)22(14-17(2)27(31)32)21-12-13-29-16-24(21)30-26/h4-13,16-17H,3,14H2,1-2H3,(H,31,32)/t17-/m0/s1. The summed E-state index contributed by atoms with van der Waals surface area (Å²) in [5, 5.41) is 20.2. The molecule has 1 N–H and O–H groups in total. The van der Waals surface area contributed by atoms with Gasteiger partial charge in [0.25, 0.3) is 0 Å². The first kappa shape index (κ1) is 22.0. The Morgan fingerprint density at radius 3 is 2.55 bits per heavy atom. The Balaban J connectivity index is 1.83. The van der Waals surface area contributed by atoms with E-state index in [2.05, 4.69) is 11.1 Å². The summed E-state index contributed by atoms with van der Waals surface area (Å²) in [4.78, 5) is 20.4. The highest BCUT2D eigenvalue weighted by molar-refractivity contribution is 5.89. The van der Waals surface area contributed by atoms with Crippen LogP contribution >= 0.6 is 0 Å². The summed E-state index contributed by atoms with van der Waals surface area (Å²) in [6, 6.07) is 19.7.